The van der Waals surface area contributed by atoms with Gasteiger partial charge >= 0.3 is 0 Å². The molecule has 0 unspecified atom stereocenters. The van der Waals surface area contributed by atoms with Crippen LogP contribution in [0, 0.1) is 0 Å². The van der Waals surface area contributed by atoms with Gasteiger partial charge in [0.15, 0.2) is 0 Å². The van der Waals surface area contributed by atoms with Crippen LogP contribution < -0.4 is 5.32 Å². The Kier molecular flexibility index (Phi) is 4.81. The summed E-state index contributed by atoms with van der Waals surface area (Å²) in [5, 5.41) is 2.87. The molecule has 0 saturated heterocycles. The molecule has 1 heterocycles. The highest BCUT2D eigenvalue weighted by Crippen LogP contribution is 2.39. The van der Waals surface area contributed by atoms with Gasteiger partial charge in [-0.3, -0.25) is 9.78 Å². The lowest BCUT2D eigenvalue weighted by Crippen LogP contribution is -2.27. The summed E-state index contributed by atoms with van der Waals surface area (Å²) < 4.78 is 5.41. The average Bonchev–Trinajstić information content (AvgIpc) is 3.39. The first-order chi connectivity index (χ1) is 10.8. The van der Waals surface area contributed by atoms with Crippen LogP contribution in [-0.2, 0) is 22.7 Å². The summed E-state index contributed by atoms with van der Waals surface area (Å²) in [6, 6.07) is 12.0. The minimum Gasteiger partial charge on any atom is -0.367 e. The number of nitrogens with zero attached hydrogens (tertiary/aromatic N) is 1. The zero-order valence-corrected chi connectivity index (χ0v) is 12.5. The maximum atomic E-state index is 11.8. The predicted octanol–water partition coefficient (Wildman–Crippen LogP) is 2.79. The van der Waals surface area contributed by atoms with Gasteiger partial charge in [0.2, 0.25) is 5.91 Å². The van der Waals surface area contributed by atoms with Gasteiger partial charge in [-0.05, 0) is 35.4 Å². The molecule has 4 heteroatoms. The van der Waals surface area contributed by atoms with Crippen molar-refractivity contribution in [1.82, 2.24) is 10.3 Å². The lowest BCUT2D eigenvalue weighted by molar-refractivity contribution is -0.126. The number of carbonyl (C=O) groups is 1. The van der Waals surface area contributed by atoms with Crippen LogP contribution in [0.5, 0.6) is 0 Å². The Morgan fingerprint density at radius 2 is 2.00 bits per heavy atom. The van der Waals surface area contributed by atoms with Crippen molar-refractivity contribution < 1.29 is 9.53 Å². The number of pyridine rings is 1. The van der Waals surface area contributed by atoms with Crippen LogP contribution in [0.3, 0.4) is 0 Å². The fourth-order valence-electron chi connectivity index (χ4n) is 2.33. The number of hydrogen-bond donors (Lipinski definition) is 1. The normalized spacial score (nSPS) is 13.8. The van der Waals surface area contributed by atoms with Crippen LogP contribution in [0.25, 0.3) is 0 Å². The van der Waals surface area contributed by atoms with E-state index in [1.807, 2.05) is 36.5 Å². The van der Waals surface area contributed by atoms with Crippen LogP contribution in [0.2, 0.25) is 0 Å². The van der Waals surface area contributed by atoms with E-state index < -0.39 is 0 Å². The molecule has 2 aromatic rings. The monoisotopic (exact) mass is 296 g/mol. The first-order valence-electron chi connectivity index (χ1n) is 7.63. The quantitative estimate of drug-likeness (QED) is 0.855. The molecule has 1 N–H and O–H groups in total. The highest BCUT2D eigenvalue weighted by Gasteiger charge is 2.23. The van der Waals surface area contributed by atoms with Crippen molar-refractivity contribution in [3.05, 3.63) is 65.5 Å². The second-order valence-corrected chi connectivity index (χ2v) is 5.66. The SMILES string of the molecule is O=C(COCc1ccccc1)NCc1cncc(C2CC2)c1. The standard InChI is InChI=1S/C18H20N2O2/c21-18(13-22-12-14-4-2-1-3-5-14)20-10-15-8-17(11-19-9-15)16-6-7-16/h1-5,8-9,11,16H,6-7,10,12-13H2,(H,20,21). The Morgan fingerprint density at radius 1 is 1.18 bits per heavy atom. The number of rotatable bonds is 7. The summed E-state index contributed by atoms with van der Waals surface area (Å²) in [6.07, 6.45) is 6.23. The molecule has 1 aliphatic rings. The minimum atomic E-state index is -0.104. The van der Waals surface area contributed by atoms with E-state index in [1.165, 1.54) is 18.4 Å². The number of benzene rings is 1. The largest absolute Gasteiger partial charge is 0.367 e. The zero-order chi connectivity index (χ0) is 15.2. The Bertz CT molecular complexity index is 624. The third-order valence-electron chi connectivity index (χ3n) is 3.70. The van der Waals surface area contributed by atoms with E-state index in [1.54, 1.807) is 6.20 Å². The van der Waals surface area contributed by atoms with E-state index in [0.717, 1.165) is 11.1 Å². The lowest BCUT2D eigenvalue weighted by Gasteiger charge is -2.07. The van der Waals surface area contributed by atoms with Gasteiger partial charge in [0.05, 0.1) is 6.61 Å². The molecule has 1 aromatic heterocycles. The predicted molar refractivity (Wildman–Crippen MR) is 84.2 cm³/mol. The first-order valence-corrected chi connectivity index (χ1v) is 7.63. The number of carbonyl (C=O) groups excluding carboxylic acids is 1. The lowest BCUT2D eigenvalue weighted by atomic mass is 10.1. The molecule has 114 valence electrons. The van der Waals surface area contributed by atoms with E-state index in [9.17, 15) is 4.79 Å². The molecule has 4 nitrogen and oxygen atoms in total. The van der Waals surface area contributed by atoms with E-state index >= 15 is 0 Å². The molecule has 1 saturated carbocycles. The van der Waals surface area contributed by atoms with Gasteiger partial charge in [-0.1, -0.05) is 36.4 Å². The molecule has 0 radical (unpaired) electrons. The fourth-order valence-corrected chi connectivity index (χ4v) is 2.33. The van der Waals surface area contributed by atoms with Crippen molar-refractivity contribution in [2.24, 2.45) is 0 Å². The molecule has 0 bridgehead atoms. The Labute approximate surface area is 130 Å². The molecule has 0 aliphatic heterocycles. The van der Waals surface area contributed by atoms with E-state index in [0.29, 0.717) is 19.1 Å². The topological polar surface area (TPSA) is 51.2 Å². The third-order valence-corrected chi connectivity index (χ3v) is 3.70. The van der Waals surface area contributed by atoms with Crippen molar-refractivity contribution in [2.45, 2.75) is 31.9 Å². The molecule has 1 amide bonds. The van der Waals surface area contributed by atoms with Gasteiger partial charge in [-0.25, -0.2) is 0 Å². The van der Waals surface area contributed by atoms with Gasteiger partial charge in [-0.15, -0.1) is 0 Å². The Balaban J connectivity index is 1.39. The summed E-state index contributed by atoms with van der Waals surface area (Å²) in [6.45, 7) is 1.03. The number of hydrogen-bond acceptors (Lipinski definition) is 3. The molecule has 1 aromatic carbocycles. The van der Waals surface area contributed by atoms with Crippen LogP contribution >= 0.6 is 0 Å². The Morgan fingerprint density at radius 3 is 2.77 bits per heavy atom. The van der Waals surface area contributed by atoms with Gasteiger partial charge in [0.1, 0.15) is 6.61 Å². The molecule has 22 heavy (non-hydrogen) atoms. The van der Waals surface area contributed by atoms with Gasteiger partial charge in [-0.2, -0.15) is 0 Å². The van der Waals surface area contributed by atoms with Crippen molar-refractivity contribution >= 4 is 5.91 Å². The second kappa shape index (κ2) is 7.18. The highest BCUT2D eigenvalue weighted by atomic mass is 16.5. The fraction of sp³-hybridized carbons (Fsp3) is 0.333. The van der Waals surface area contributed by atoms with Crippen LogP contribution in [0.4, 0.5) is 0 Å². The van der Waals surface area contributed by atoms with Gasteiger partial charge < -0.3 is 10.1 Å². The number of ether oxygens (including phenoxy) is 1. The third kappa shape index (κ3) is 4.40. The van der Waals surface area contributed by atoms with Gasteiger partial charge in [0.25, 0.3) is 0 Å². The maximum absolute atomic E-state index is 11.8. The summed E-state index contributed by atoms with van der Waals surface area (Å²) in [5.41, 5.74) is 3.39. The van der Waals surface area contributed by atoms with Crippen LogP contribution in [0.1, 0.15) is 35.4 Å². The molecule has 3 rings (SSSR count). The van der Waals surface area contributed by atoms with E-state index in [-0.39, 0.29) is 12.5 Å². The molecule has 0 atom stereocenters. The zero-order valence-electron chi connectivity index (χ0n) is 12.5. The molecular formula is C18H20N2O2. The summed E-state index contributed by atoms with van der Waals surface area (Å²) in [7, 11) is 0. The maximum Gasteiger partial charge on any atom is 0.246 e. The van der Waals surface area contributed by atoms with Crippen molar-refractivity contribution in [3.8, 4) is 0 Å². The van der Waals surface area contributed by atoms with E-state index in [2.05, 4.69) is 16.4 Å². The Hall–Kier alpha value is -2.20. The van der Waals surface area contributed by atoms with Crippen molar-refractivity contribution in [3.63, 3.8) is 0 Å². The summed E-state index contributed by atoms with van der Waals surface area (Å²) in [5.74, 6) is 0.574. The highest BCUT2D eigenvalue weighted by molar-refractivity contribution is 5.77. The number of amides is 1. The minimum absolute atomic E-state index is 0.0740. The molecule has 1 aliphatic carbocycles. The second-order valence-electron chi connectivity index (χ2n) is 5.66. The van der Waals surface area contributed by atoms with Crippen LogP contribution in [-0.4, -0.2) is 17.5 Å². The smallest absolute Gasteiger partial charge is 0.246 e. The molecule has 1 fully saturated rings. The van der Waals surface area contributed by atoms with Gasteiger partial charge in [0, 0.05) is 18.9 Å². The summed E-state index contributed by atoms with van der Waals surface area (Å²) >= 11 is 0. The molecular weight excluding hydrogens is 276 g/mol. The van der Waals surface area contributed by atoms with E-state index in [4.69, 9.17) is 4.74 Å². The first kappa shape index (κ1) is 14.7. The van der Waals surface area contributed by atoms with Crippen LogP contribution in [0.15, 0.2) is 48.8 Å². The van der Waals surface area contributed by atoms with Crippen molar-refractivity contribution in [2.75, 3.05) is 6.61 Å². The molecule has 0 spiro atoms. The number of aromatic nitrogens is 1. The van der Waals surface area contributed by atoms with Crippen molar-refractivity contribution in [1.29, 1.82) is 0 Å². The summed E-state index contributed by atoms with van der Waals surface area (Å²) in [4.78, 5) is 16.0. The number of nitrogens with one attached hydrogen (secondary N) is 1. The average molecular weight is 296 g/mol.